The number of amides is 1. The van der Waals surface area contributed by atoms with Crippen LogP contribution in [0, 0.1) is 0 Å². The van der Waals surface area contributed by atoms with E-state index < -0.39 is 5.54 Å². The van der Waals surface area contributed by atoms with E-state index in [1.807, 2.05) is 16.7 Å². The van der Waals surface area contributed by atoms with E-state index in [9.17, 15) is 4.79 Å². The summed E-state index contributed by atoms with van der Waals surface area (Å²) in [6.07, 6.45) is 5.12. The van der Waals surface area contributed by atoms with Gasteiger partial charge in [0.2, 0.25) is 5.91 Å². The first-order chi connectivity index (χ1) is 7.22. The van der Waals surface area contributed by atoms with Gasteiger partial charge in [-0.3, -0.25) is 4.79 Å². The van der Waals surface area contributed by atoms with Crippen molar-refractivity contribution in [3.05, 3.63) is 0 Å². The molecule has 0 radical (unpaired) electrons. The van der Waals surface area contributed by atoms with Crippen molar-refractivity contribution in [2.75, 3.05) is 24.6 Å². The van der Waals surface area contributed by atoms with Crippen LogP contribution in [0.5, 0.6) is 0 Å². The van der Waals surface area contributed by atoms with E-state index in [1.165, 1.54) is 5.75 Å². The van der Waals surface area contributed by atoms with Crippen LogP contribution >= 0.6 is 11.8 Å². The van der Waals surface area contributed by atoms with Gasteiger partial charge in [0.15, 0.2) is 0 Å². The minimum absolute atomic E-state index is 0.211. The Bertz CT molecular complexity index is 231. The lowest BCUT2D eigenvalue weighted by Crippen LogP contribution is -2.54. The molecule has 0 unspecified atom stereocenters. The van der Waals surface area contributed by atoms with Crippen LogP contribution in [0.4, 0.5) is 0 Å². The summed E-state index contributed by atoms with van der Waals surface area (Å²) in [5, 5.41) is 0. The number of nitrogens with zero attached hydrogens (tertiary/aromatic N) is 1. The Labute approximate surface area is 95.8 Å². The molecule has 1 saturated carbocycles. The standard InChI is InChI=1S/C11H20N2OS/c12-11(4-1-2-5-11)10(14)13-6-3-8-15-9-7-13/h1-9,12H2. The van der Waals surface area contributed by atoms with Gasteiger partial charge in [-0.05, 0) is 25.0 Å². The first-order valence-electron chi connectivity index (χ1n) is 5.88. The number of thioether (sulfide) groups is 1. The second-order valence-corrected chi connectivity index (χ2v) is 5.85. The fourth-order valence-corrected chi connectivity index (χ4v) is 3.37. The van der Waals surface area contributed by atoms with Crippen molar-refractivity contribution in [1.29, 1.82) is 0 Å². The molecule has 1 aliphatic heterocycles. The molecule has 4 heteroatoms. The summed E-state index contributed by atoms with van der Waals surface area (Å²) in [5.41, 5.74) is 5.67. The Kier molecular flexibility index (Phi) is 3.57. The van der Waals surface area contributed by atoms with Crippen molar-refractivity contribution in [1.82, 2.24) is 4.90 Å². The maximum Gasteiger partial charge on any atom is 0.242 e. The Morgan fingerprint density at radius 1 is 1.13 bits per heavy atom. The molecule has 0 atom stereocenters. The second kappa shape index (κ2) is 4.74. The van der Waals surface area contributed by atoms with E-state index in [-0.39, 0.29) is 5.91 Å². The molecule has 2 N–H and O–H groups in total. The number of carbonyl (C=O) groups excluding carboxylic acids is 1. The maximum absolute atomic E-state index is 12.3. The largest absolute Gasteiger partial charge is 0.340 e. The van der Waals surface area contributed by atoms with Gasteiger partial charge in [-0.15, -0.1) is 0 Å². The van der Waals surface area contributed by atoms with Crippen LogP contribution in [0.2, 0.25) is 0 Å². The Morgan fingerprint density at radius 3 is 2.60 bits per heavy atom. The molecule has 0 bridgehead atoms. The van der Waals surface area contributed by atoms with Crippen molar-refractivity contribution < 1.29 is 4.79 Å². The summed E-state index contributed by atoms with van der Waals surface area (Å²) in [6.45, 7) is 1.80. The summed E-state index contributed by atoms with van der Waals surface area (Å²) < 4.78 is 0. The van der Waals surface area contributed by atoms with Gasteiger partial charge >= 0.3 is 0 Å². The molecule has 1 amide bonds. The third-order valence-corrected chi connectivity index (χ3v) is 4.48. The van der Waals surface area contributed by atoms with Gasteiger partial charge in [-0.25, -0.2) is 0 Å². The smallest absolute Gasteiger partial charge is 0.242 e. The molecule has 15 heavy (non-hydrogen) atoms. The van der Waals surface area contributed by atoms with Crippen molar-refractivity contribution in [2.24, 2.45) is 5.73 Å². The molecule has 2 aliphatic rings. The van der Waals surface area contributed by atoms with Crippen LogP contribution in [0.3, 0.4) is 0 Å². The molecule has 0 spiro atoms. The monoisotopic (exact) mass is 228 g/mol. The highest BCUT2D eigenvalue weighted by molar-refractivity contribution is 7.99. The molecule has 0 aromatic rings. The fourth-order valence-electron chi connectivity index (χ4n) is 2.48. The van der Waals surface area contributed by atoms with E-state index in [2.05, 4.69) is 0 Å². The molecule has 1 aliphatic carbocycles. The molecular weight excluding hydrogens is 208 g/mol. The quantitative estimate of drug-likeness (QED) is 0.734. The Hall–Kier alpha value is -0.220. The van der Waals surface area contributed by atoms with E-state index in [1.54, 1.807) is 0 Å². The number of hydrogen-bond donors (Lipinski definition) is 1. The first kappa shape index (κ1) is 11.3. The van der Waals surface area contributed by atoms with Gasteiger partial charge in [0.1, 0.15) is 0 Å². The van der Waals surface area contributed by atoms with Gasteiger partial charge in [0, 0.05) is 18.8 Å². The third-order valence-electron chi connectivity index (χ3n) is 3.43. The van der Waals surface area contributed by atoms with Gasteiger partial charge in [0.05, 0.1) is 5.54 Å². The van der Waals surface area contributed by atoms with Gasteiger partial charge in [-0.2, -0.15) is 11.8 Å². The highest BCUT2D eigenvalue weighted by Gasteiger charge is 2.39. The Balaban J connectivity index is 1.98. The number of carbonyl (C=O) groups is 1. The van der Waals surface area contributed by atoms with E-state index in [0.717, 1.165) is 50.9 Å². The van der Waals surface area contributed by atoms with Crippen LogP contribution in [0.1, 0.15) is 32.1 Å². The normalized spacial score (nSPS) is 26.3. The van der Waals surface area contributed by atoms with E-state index >= 15 is 0 Å². The summed E-state index contributed by atoms with van der Waals surface area (Å²) in [5.74, 6) is 2.46. The zero-order valence-corrected chi connectivity index (χ0v) is 10.0. The highest BCUT2D eigenvalue weighted by atomic mass is 32.2. The lowest BCUT2D eigenvalue weighted by molar-refractivity contribution is -0.136. The predicted molar refractivity (Wildman–Crippen MR) is 63.9 cm³/mol. The van der Waals surface area contributed by atoms with Crippen molar-refractivity contribution >= 4 is 17.7 Å². The molecule has 86 valence electrons. The van der Waals surface area contributed by atoms with Gasteiger partial charge < -0.3 is 10.6 Å². The molecule has 2 rings (SSSR count). The average Bonchev–Trinajstić information content (AvgIpc) is 2.54. The second-order valence-electron chi connectivity index (χ2n) is 4.62. The van der Waals surface area contributed by atoms with Gasteiger partial charge in [-0.1, -0.05) is 12.8 Å². The molecular formula is C11H20N2OS. The van der Waals surface area contributed by atoms with Gasteiger partial charge in [0.25, 0.3) is 0 Å². The molecule has 0 aromatic carbocycles. The molecule has 2 fully saturated rings. The highest BCUT2D eigenvalue weighted by Crippen LogP contribution is 2.29. The minimum atomic E-state index is -0.519. The zero-order valence-electron chi connectivity index (χ0n) is 9.21. The van der Waals surface area contributed by atoms with Crippen LogP contribution in [0.15, 0.2) is 0 Å². The lowest BCUT2D eigenvalue weighted by atomic mass is 9.97. The average molecular weight is 228 g/mol. The summed E-state index contributed by atoms with van der Waals surface area (Å²) in [7, 11) is 0. The van der Waals surface area contributed by atoms with Crippen LogP contribution < -0.4 is 5.73 Å². The number of nitrogens with two attached hydrogens (primary N) is 1. The van der Waals surface area contributed by atoms with Crippen molar-refractivity contribution in [3.63, 3.8) is 0 Å². The van der Waals surface area contributed by atoms with E-state index in [4.69, 9.17) is 5.73 Å². The predicted octanol–water partition coefficient (Wildman–Crippen LogP) is 1.22. The van der Waals surface area contributed by atoms with E-state index in [0.29, 0.717) is 0 Å². The number of rotatable bonds is 1. The van der Waals surface area contributed by atoms with Crippen molar-refractivity contribution in [3.8, 4) is 0 Å². The Morgan fingerprint density at radius 2 is 1.87 bits per heavy atom. The topological polar surface area (TPSA) is 46.3 Å². The summed E-state index contributed by atoms with van der Waals surface area (Å²) in [6, 6.07) is 0. The van der Waals surface area contributed by atoms with Crippen LogP contribution in [-0.4, -0.2) is 40.9 Å². The molecule has 0 aromatic heterocycles. The lowest BCUT2D eigenvalue weighted by Gasteiger charge is -2.30. The van der Waals surface area contributed by atoms with Crippen LogP contribution in [-0.2, 0) is 4.79 Å². The first-order valence-corrected chi connectivity index (χ1v) is 7.04. The molecule has 1 heterocycles. The zero-order chi connectivity index (χ0) is 10.7. The minimum Gasteiger partial charge on any atom is -0.340 e. The molecule has 3 nitrogen and oxygen atoms in total. The number of hydrogen-bond acceptors (Lipinski definition) is 3. The van der Waals surface area contributed by atoms with Crippen molar-refractivity contribution in [2.45, 2.75) is 37.6 Å². The summed E-state index contributed by atoms with van der Waals surface area (Å²) >= 11 is 1.94. The van der Waals surface area contributed by atoms with Crippen LogP contribution in [0.25, 0.3) is 0 Å². The molecule has 1 saturated heterocycles. The summed E-state index contributed by atoms with van der Waals surface area (Å²) in [4.78, 5) is 14.3. The maximum atomic E-state index is 12.3. The third kappa shape index (κ3) is 2.48. The SMILES string of the molecule is NC1(C(=O)N2CCCSCC2)CCCC1. The fraction of sp³-hybridized carbons (Fsp3) is 0.909.